The molecule has 0 aliphatic rings. The summed E-state index contributed by atoms with van der Waals surface area (Å²) in [5, 5.41) is 0. The van der Waals surface area contributed by atoms with Crippen molar-refractivity contribution >= 4 is 0 Å². The van der Waals surface area contributed by atoms with E-state index in [9.17, 15) is 0 Å². The zero-order valence-corrected chi connectivity index (χ0v) is 8.25. The van der Waals surface area contributed by atoms with Gasteiger partial charge in [-0.2, -0.15) is 0 Å². The van der Waals surface area contributed by atoms with Crippen LogP contribution < -0.4 is 0 Å². The number of ether oxygens (including phenoxy) is 1. The zero-order valence-electron chi connectivity index (χ0n) is 8.25. The van der Waals surface area contributed by atoms with Crippen molar-refractivity contribution in [2.75, 3.05) is 13.7 Å². The van der Waals surface area contributed by atoms with E-state index in [0.29, 0.717) is 6.61 Å². The summed E-state index contributed by atoms with van der Waals surface area (Å²) in [6.07, 6.45) is 13.5. The Kier molecular flexibility index (Phi) is 9.95. The summed E-state index contributed by atoms with van der Waals surface area (Å²) in [4.78, 5) is 0. The molecule has 0 aromatic heterocycles. The van der Waals surface area contributed by atoms with Crippen LogP contribution in [0.15, 0.2) is 24.3 Å². The van der Waals surface area contributed by atoms with E-state index in [-0.39, 0.29) is 0 Å². The first-order chi connectivity index (χ1) is 5.91. The molecule has 70 valence electrons. The maximum atomic E-state index is 4.87. The number of allylic oxidation sites excluding steroid dienone is 3. The van der Waals surface area contributed by atoms with Gasteiger partial charge in [0.2, 0.25) is 0 Å². The first-order valence-electron chi connectivity index (χ1n) is 4.72. The zero-order chi connectivity index (χ0) is 9.07. The van der Waals surface area contributed by atoms with Crippen molar-refractivity contribution in [1.29, 1.82) is 0 Å². The van der Waals surface area contributed by atoms with Gasteiger partial charge in [-0.25, -0.2) is 0 Å². The molecule has 0 aromatic carbocycles. The van der Waals surface area contributed by atoms with Crippen LogP contribution in [0.5, 0.6) is 0 Å². The predicted octanol–water partition coefficient (Wildman–Crippen LogP) is 3.33. The van der Waals surface area contributed by atoms with Crippen LogP contribution in [0.25, 0.3) is 0 Å². The lowest BCUT2D eigenvalue weighted by molar-refractivity contribution is 0.234. The van der Waals surface area contributed by atoms with E-state index in [0.717, 1.165) is 0 Å². The van der Waals surface area contributed by atoms with E-state index >= 15 is 0 Å². The highest BCUT2D eigenvalue weighted by molar-refractivity contribution is 5.02. The maximum absolute atomic E-state index is 4.87. The van der Waals surface area contributed by atoms with E-state index < -0.39 is 0 Å². The average molecular weight is 168 g/mol. The van der Waals surface area contributed by atoms with Gasteiger partial charge in [-0.05, 0) is 12.8 Å². The van der Waals surface area contributed by atoms with Crippen LogP contribution in [-0.4, -0.2) is 13.7 Å². The molecule has 1 nitrogen and oxygen atoms in total. The Labute approximate surface area is 76.1 Å². The second-order valence-corrected chi connectivity index (χ2v) is 2.81. The number of hydrogen-bond acceptors (Lipinski definition) is 1. The molecule has 0 N–H and O–H groups in total. The van der Waals surface area contributed by atoms with E-state index in [1.807, 2.05) is 12.2 Å². The lowest BCUT2D eigenvalue weighted by Gasteiger charge is -1.89. The fourth-order valence-corrected chi connectivity index (χ4v) is 0.917. The Morgan fingerprint density at radius 3 is 2.50 bits per heavy atom. The lowest BCUT2D eigenvalue weighted by Crippen LogP contribution is -1.78. The average Bonchev–Trinajstić information content (AvgIpc) is 2.10. The molecule has 0 unspecified atom stereocenters. The highest BCUT2D eigenvalue weighted by Crippen LogP contribution is 1.99. The van der Waals surface area contributed by atoms with Crippen LogP contribution >= 0.6 is 0 Å². The third-order valence-corrected chi connectivity index (χ3v) is 1.62. The van der Waals surface area contributed by atoms with Gasteiger partial charge in [0, 0.05) is 7.11 Å². The summed E-state index contributed by atoms with van der Waals surface area (Å²) in [6, 6.07) is 0. The quantitative estimate of drug-likeness (QED) is 0.418. The second kappa shape index (κ2) is 10.4. The Morgan fingerprint density at radius 2 is 1.83 bits per heavy atom. The minimum Gasteiger partial charge on any atom is -0.381 e. The van der Waals surface area contributed by atoms with Gasteiger partial charge in [0.25, 0.3) is 0 Å². The topological polar surface area (TPSA) is 9.23 Å². The molecule has 0 saturated heterocycles. The molecule has 0 aromatic rings. The molecule has 0 aliphatic carbocycles. The monoisotopic (exact) mass is 168 g/mol. The molecule has 0 spiro atoms. The Bertz CT molecular complexity index is 125. The van der Waals surface area contributed by atoms with Crippen LogP contribution in [0.1, 0.15) is 32.6 Å². The molecule has 12 heavy (non-hydrogen) atoms. The van der Waals surface area contributed by atoms with Crippen molar-refractivity contribution in [1.82, 2.24) is 0 Å². The van der Waals surface area contributed by atoms with Crippen LogP contribution in [-0.2, 0) is 4.74 Å². The Morgan fingerprint density at radius 1 is 1.08 bits per heavy atom. The minimum absolute atomic E-state index is 0.708. The smallest absolute Gasteiger partial charge is 0.0646 e. The number of unbranched alkanes of at least 4 members (excludes halogenated alkanes) is 3. The standard InChI is InChI=1S/C11H20O/c1-3-4-5-6-7-8-9-10-11-12-2/h7-10H,3-6,11H2,1-2H3. The van der Waals surface area contributed by atoms with Gasteiger partial charge in [0.1, 0.15) is 0 Å². The first-order valence-corrected chi connectivity index (χ1v) is 4.72. The molecule has 0 radical (unpaired) electrons. The van der Waals surface area contributed by atoms with Gasteiger partial charge in [0.15, 0.2) is 0 Å². The Hall–Kier alpha value is -0.560. The SMILES string of the molecule is CCCCCC=CC=CCOC. The molecular weight excluding hydrogens is 148 g/mol. The highest BCUT2D eigenvalue weighted by atomic mass is 16.5. The second-order valence-electron chi connectivity index (χ2n) is 2.81. The van der Waals surface area contributed by atoms with Crippen LogP contribution in [0, 0.1) is 0 Å². The third kappa shape index (κ3) is 9.44. The largest absolute Gasteiger partial charge is 0.381 e. The first kappa shape index (κ1) is 11.4. The van der Waals surface area contributed by atoms with Crippen LogP contribution in [0.3, 0.4) is 0 Å². The maximum Gasteiger partial charge on any atom is 0.0646 e. The molecule has 1 heteroatoms. The van der Waals surface area contributed by atoms with E-state index in [4.69, 9.17) is 4.74 Å². The fourth-order valence-electron chi connectivity index (χ4n) is 0.917. The summed E-state index contributed by atoms with van der Waals surface area (Å²) in [5.41, 5.74) is 0. The van der Waals surface area contributed by atoms with Crippen molar-refractivity contribution in [2.45, 2.75) is 32.6 Å². The van der Waals surface area contributed by atoms with Crippen molar-refractivity contribution in [3.63, 3.8) is 0 Å². The third-order valence-electron chi connectivity index (χ3n) is 1.62. The molecule has 0 fully saturated rings. The van der Waals surface area contributed by atoms with Gasteiger partial charge in [-0.15, -0.1) is 0 Å². The highest BCUT2D eigenvalue weighted by Gasteiger charge is 1.79. The molecule has 0 aliphatic heterocycles. The number of rotatable bonds is 7. The molecular formula is C11H20O. The normalized spacial score (nSPS) is 11.8. The minimum atomic E-state index is 0.708. The summed E-state index contributed by atoms with van der Waals surface area (Å²) in [6.45, 7) is 2.93. The summed E-state index contributed by atoms with van der Waals surface area (Å²) in [5.74, 6) is 0. The van der Waals surface area contributed by atoms with Gasteiger partial charge in [0.05, 0.1) is 6.61 Å². The molecule has 0 heterocycles. The van der Waals surface area contributed by atoms with E-state index in [1.165, 1.54) is 25.7 Å². The summed E-state index contributed by atoms with van der Waals surface area (Å²) >= 11 is 0. The number of methoxy groups -OCH3 is 1. The molecule has 0 rings (SSSR count). The fraction of sp³-hybridized carbons (Fsp3) is 0.636. The van der Waals surface area contributed by atoms with E-state index in [1.54, 1.807) is 7.11 Å². The predicted molar refractivity (Wildman–Crippen MR) is 54.3 cm³/mol. The van der Waals surface area contributed by atoms with Gasteiger partial charge in [-0.3, -0.25) is 0 Å². The van der Waals surface area contributed by atoms with Crippen molar-refractivity contribution < 1.29 is 4.74 Å². The van der Waals surface area contributed by atoms with Gasteiger partial charge >= 0.3 is 0 Å². The Balaban J connectivity index is 3.13. The van der Waals surface area contributed by atoms with Crippen molar-refractivity contribution in [3.8, 4) is 0 Å². The summed E-state index contributed by atoms with van der Waals surface area (Å²) < 4.78 is 4.87. The molecule has 0 amide bonds. The van der Waals surface area contributed by atoms with Crippen molar-refractivity contribution in [2.24, 2.45) is 0 Å². The van der Waals surface area contributed by atoms with Gasteiger partial charge < -0.3 is 4.74 Å². The van der Waals surface area contributed by atoms with E-state index in [2.05, 4.69) is 19.1 Å². The van der Waals surface area contributed by atoms with Gasteiger partial charge in [-0.1, -0.05) is 44.1 Å². The molecule has 0 bridgehead atoms. The molecule has 0 saturated carbocycles. The number of hydrogen-bond donors (Lipinski definition) is 0. The molecule has 0 atom stereocenters. The van der Waals surface area contributed by atoms with Crippen LogP contribution in [0.4, 0.5) is 0 Å². The lowest BCUT2D eigenvalue weighted by atomic mass is 10.2. The van der Waals surface area contributed by atoms with Crippen LogP contribution in [0.2, 0.25) is 0 Å². The summed E-state index contributed by atoms with van der Waals surface area (Å²) in [7, 11) is 1.70. The van der Waals surface area contributed by atoms with Crippen molar-refractivity contribution in [3.05, 3.63) is 24.3 Å².